The molecule has 0 saturated carbocycles. The molecule has 26 heavy (non-hydrogen) atoms. The van der Waals surface area contributed by atoms with Gasteiger partial charge in [-0.25, -0.2) is 14.8 Å². The van der Waals surface area contributed by atoms with E-state index in [1.54, 1.807) is 29.1 Å². The molecule has 3 N–H and O–H groups in total. The number of rotatable bonds is 4. The van der Waals surface area contributed by atoms with E-state index in [1.165, 1.54) is 17.5 Å². The lowest BCUT2D eigenvalue weighted by atomic mass is 10.1. The lowest BCUT2D eigenvalue weighted by Gasteiger charge is -2.39. The molecule has 0 spiro atoms. The summed E-state index contributed by atoms with van der Waals surface area (Å²) in [5.41, 5.74) is 2.35. The van der Waals surface area contributed by atoms with Crippen molar-refractivity contribution in [2.75, 3.05) is 18.0 Å². The largest absolute Gasteiger partial charge is 0.477 e. The van der Waals surface area contributed by atoms with E-state index in [1.807, 2.05) is 4.90 Å². The second kappa shape index (κ2) is 6.16. The summed E-state index contributed by atoms with van der Waals surface area (Å²) < 4.78 is 1.54. The van der Waals surface area contributed by atoms with Crippen molar-refractivity contribution in [2.24, 2.45) is 0 Å². The van der Waals surface area contributed by atoms with Crippen LogP contribution in [0.2, 0.25) is 0 Å². The molecule has 10 heteroatoms. The number of hydroxylamine groups is 1. The molecule has 1 aliphatic heterocycles. The van der Waals surface area contributed by atoms with Gasteiger partial charge in [-0.15, -0.1) is 11.3 Å². The molecule has 0 aromatic carbocycles. The molecule has 9 nitrogen and oxygen atoms in total. The van der Waals surface area contributed by atoms with Gasteiger partial charge >= 0.3 is 5.97 Å². The number of carbonyl (C=O) groups is 1. The number of aryl methyl sites for hydroxylation is 1. The summed E-state index contributed by atoms with van der Waals surface area (Å²) in [4.78, 5) is 35.0. The zero-order valence-corrected chi connectivity index (χ0v) is 14.5. The van der Waals surface area contributed by atoms with Crippen LogP contribution in [0.5, 0.6) is 0 Å². The molecule has 0 unspecified atom stereocenters. The summed E-state index contributed by atoms with van der Waals surface area (Å²) in [6, 6.07) is 1.73. The van der Waals surface area contributed by atoms with Crippen molar-refractivity contribution in [1.29, 1.82) is 0 Å². The van der Waals surface area contributed by atoms with E-state index < -0.39 is 11.4 Å². The third-order valence-electron chi connectivity index (χ3n) is 4.39. The van der Waals surface area contributed by atoms with E-state index >= 15 is 0 Å². The predicted molar refractivity (Wildman–Crippen MR) is 95.6 cm³/mol. The van der Waals surface area contributed by atoms with Gasteiger partial charge < -0.3 is 15.2 Å². The van der Waals surface area contributed by atoms with E-state index in [0.717, 1.165) is 0 Å². The van der Waals surface area contributed by atoms with Crippen molar-refractivity contribution in [3.63, 3.8) is 0 Å². The lowest BCUT2D eigenvalue weighted by Crippen LogP contribution is -2.57. The van der Waals surface area contributed by atoms with Gasteiger partial charge in [0.15, 0.2) is 10.8 Å². The first-order valence-corrected chi connectivity index (χ1v) is 8.72. The summed E-state index contributed by atoms with van der Waals surface area (Å²) >= 11 is 1.32. The minimum Gasteiger partial charge on any atom is -0.477 e. The molecule has 1 saturated heterocycles. The van der Waals surface area contributed by atoms with Gasteiger partial charge in [-0.05, 0) is 18.6 Å². The molecule has 0 radical (unpaired) electrons. The Kier molecular flexibility index (Phi) is 3.94. The highest BCUT2D eigenvalue weighted by Crippen LogP contribution is 2.26. The zero-order valence-electron chi connectivity index (χ0n) is 13.7. The molecule has 134 valence electrons. The molecule has 0 atom stereocenters. The van der Waals surface area contributed by atoms with Crippen LogP contribution in [-0.4, -0.2) is 49.9 Å². The van der Waals surface area contributed by atoms with Gasteiger partial charge in [0, 0.05) is 30.9 Å². The Labute approximate surface area is 151 Å². The topological polar surface area (TPSA) is 121 Å². The van der Waals surface area contributed by atoms with E-state index in [4.69, 9.17) is 5.21 Å². The van der Waals surface area contributed by atoms with Gasteiger partial charge in [-0.1, -0.05) is 0 Å². The average Bonchev–Trinajstić information content (AvgIpc) is 3.07. The molecular weight excluding hydrogens is 358 g/mol. The minimum atomic E-state index is -1.29. The average molecular weight is 373 g/mol. The Balaban J connectivity index is 1.98. The highest BCUT2D eigenvalue weighted by Gasteiger charge is 2.28. The second-order valence-electron chi connectivity index (χ2n) is 6.09. The van der Waals surface area contributed by atoms with Gasteiger partial charge in [0.1, 0.15) is 11.4 Å². The van der Waals surface area contributed by atoms with Gasteiger partial charge in [-0.3, -0.25) is 9.36 Å². The van der Waals surface area contributed by atoms with Crippen molar-refractivity contribution in [1.82, 2.24) is 20.0 Å². The Hall–Kier alpha value is -2.82. The second-order valence-corrected chi connectivity index (χ2v) is 6.96. The van der Waals surface area contributed by atoms with Crippen molar-refractivity contribution >= 4 is 34.2 Å². The van der Waals surface area contributed by atoms with Gasteiger partial charge in [0.05, 0.1) is 11.4 Å². The van der Waals surface area contributed by atoms with Crippen LogP contribution in [0.15, 0.2) is 28.6 Å². The van der Waals surface area contributed by atoms with E-state index in [9.17, 15) is 14.7 Å². The third-order valence-corrected chi connectivity index (χ3v) is 5.16. The van der Waals surface area contributed by atoms with Crippen LogP contribution in [0.1, 0.15) is 15.9 Å². The maximum atomic E-state index is 12.7. The van der Waals surface area contributed by atoms with E-state index in [0.29, 0.717) is 35.2 Å². The molecule has 3 aromatic rings. The zero-order chi connectivity index (χ0) is 18.4. The molecule has 3 aromatic heterocycles. The Morgan fingerprint density at radius 3 is 2.81 bits per heavy atom. The van der Waals surface area contributed by atoms with Crippen molar-refractivity contribution < 1.29 is 15.1 Å². The number of nitrogens with one attached hydrogen (secondary N) is 1. The maximum absolute atomic E-state index is 12.7. The first kappa shape index (κ1) is 16.6. The Morgan fingerprint density at radius 2 is 2.19 bits per heavy atom. The number of aromatic carboxylic acids is 1. The maximum Gasteiger partial charge on any atom is 0.341 e. The fraction of sp³-hybridized carbons (Fsp3) is 0.250. The lowest BCUT2D eigenvalue weighted by molar-refractivity contribution is 0.0695. The highest BCUT2D eigenvalue weighted by molar-refractivity contribution is 7.12. The number of aromatic nitrogens is 3. The van der Waals surface area contributed by atoms with Crippen LogP contribution in [-0.2, 0) is 0 Å². The molecule has 1 aliphatic rings. The first-order valence-electron chi connectivity index (χ1n) is 7.84. The number of thiazole rings is 1. The van der Waals surface area contributed by atoms with E-state index in [-0.39, 0.29) is 17.0 Å². The molecule has 1 fully saturated rings. The van der Waals surface area contributed by atoms with Crippen LogP contribution in [0.3, 0.4) is 0 Å². The number of fused-ring (bicyclic) bond motifs is 1. The molecule has 4 rings (SSSR count). The number of carboxylic acids is 1. The molecular formula is C16H15N5O4S. The van der Waals surface area contributed by atoms with E-state index in [2.05, 4.69) is 15.4 Å². The SMILES string of the molecule is Cc1cc(N2CC(NO)C2)nc2c1c(=O)c(C(=O)O)cn2-c1nccs1. The third kappa shape index (κ3) is 2.55. The molecule has 0 amide bonds. The Bertz CT molecular complexity index is 1060. The fourth-order valence-corrected chi connectivity index (χ4v) is 3.64. The van der Waals surface area contributed by atoms with Crippen molar-refractivity contribution in [2.45, 2.75) is 13.0 Å². The van der Waals surface area contributed by atoms with Gasteiger partial charge in [-0.2, -0.15) is 5.48 Å². The quantitative estimate of drug-likeness (QED) is 0.580. The number of anilines is 1. The number of nitrogens with zero attached hydrogens (tertiary/aromatic N) is 4. The molecule has 0 aliphatic carbocycles. The minimum absolute atomic E-state index is 0.0247. The number of hydrogen-bond acceptors (Lipinski definition) is 8. The molecule has 0 bridgehead atoms. The summed E-state index contributed by atoms with van der Waals surface area (Å²) in [5.74, 6) is -0.625. The van der Waals surface area contributed by atoms with Gasteiger partial charge in [0.2, 0.25) is 5.43 Å². The van der Waals surface area contributed by atoms with Crippen LogP contribution in [0.4, 0.5) is 5.82 Å². The number of carboxylic acid groups (broad SMARTS) is 1. The van der Waals surface area contributed by atoms with Crippen LogP contribution < -0.4 is 15.8 Å². The summed E-state index contributed by atoms with van der Waals surface area (Å²) in [6.07, 6.45) is 2.88. The molecule has 4 heterocycles. The van der Waals surface area contributed by atoms with Gasteiger partial charge in [0.25, 0.3) is 0 Å². The number of hydrogen-bond donors (Lipinski definition) is 3. The predicted octanol–water partition coefficient (Wildman–Crippen LogP) is 1.02. The summed E-state index contributed by atoms with van der Waals surface area (Å²) in [5, 5.41) is 20.9. The van der Waals surface area contributed by atoms with Crippen molar-refractivity contribution in [3.8, 4) is 5.13 Å². The standard InChI is InChI=1S/C16H15N5O4S/c1-8-4-11(20-5-9(6-20)19-25)18-14-12(8)13(22)10(15(23)24)7-21(14)16-17-2-3-26-16/h2-4,7,9,19,25H,5-6H2,1H3,(H,23,24). The summed E-state index contributed by atoms with van der Waals surface area (Å²) in [7, 11) is 0. The van der Waals surface area contributed by atoms with Crippen LogP contribution in [0, 0.1) is 6.92 Å². The highest BCUT2D eigenvalue weighted by atomic mass is 32.1. The smallest absolute Gasteiger partial charge is 0.341 e. The number of pyridine rings is 2. The normalized spacial score (nSPS) is 14.6. The summed E-state index contributed by atoms with van der Waals surface area (Å²) in [6.45, 7) is 2.93. The first-order chi connectivity index (χ1) is 12.5. The van der Waals surface area contributed by atoms with Crippen LogP contribution in [0.25, 0.3) is 16.2 Å². The van der Waals surface area contributed by atoms with Crippen molar-refractivity contribution in [3.05, 3.63) is 45.2 Å². The fourth-order valence-electron chi connectivity index (χ4n) is 3.02. The monoisotopic (exact) mass is 373 g/mol. The Morgan fingerprint density at radius 1 is 1.42 bits per heavy atom. The van der Waals surface area contributed by atoms with Crippen LogP contribution >= 0.6 is 11.3 Å².